The van der Waals surface area contributed by atoms with Crippen molar-refractivity contribution in [3.8, 4) is 0 Å². The van der Waals surface area contributed by atoms with Crippen molar-refractivity contribution in [3.63, 3.8) is 0 Å². The Morgan fingerprint density at radius 2 is 2.28 bits per heavy atom. The molecule has 100 valence electrons. The minimum atomic E-state index is 0.0648. The van der Waals surface area contributed by atoms with E-state index >= 15 is 0 Å². The summed E-state index contributed by atoms with van der Waals surface area (Å²) in [5.41, 5.74) is 6.70. The highest BCUT2D eigenvalue weighted by Crippen LogP contribution is 2.14. The summed E-state index contributed by atoms with van der Waals surface area (Å²) >= 11 is 0. The summed E-state index contributed by atoms with van der Waals surface area (Å²) in [5, 5.41) is 2.90. The lowest BCUT2D eigenvalue weighted by Crippen LogP contribution is -2.28. The topological polar surface area (TPSA) is 68.0 Å². The fraction of sp³-hybridized carbons (Fsp3) is 0.571. The molecule has 1 aromatic heterocycles. The maximum Gasteiger partial charge on any atom is 0.220 e. The first-order chi connectivity index (χ1) is 8.61. The second-order valence-electron chi connectivity index (χ2n) is 5.07. The minimum Gasteiger partial charge on any atom is -0.352 e. The fourth-order valence-electron chi connectivity index (χ4n) is 1.97. The van der Waals surface area contributed by atoms with Gasteiger partial charge < -0.3 is 11.1 Å². The maximum absolute atomic E-state index is 11.8. The van der Waals surface area contributed by atoms with E-state index in [1.807, 2.05) is 12.1 Å². The summed E-state index contributed by atoms with van der Waals surface area (Å²) in [6, 6.07) is 3.81. The van der Waals surface area contributed by atoms with Crippen LogP contribution in [0.1, 0.15) is 32.3 Å². The van der Waals surface area contributed by atoms with Gasteiger partial charge in [0.25, 0.3) is 0 Å². The number of amides is 1. The van der Waals surface area contributed by atoms with Gasteiger partial charge in [-0.2, -0.15) is 0 Å². The van der Waals surface area contributed by atoms with Gasteiger partial charge in [-0.25, -0.2) is 0 Å². The van der Waals surface area contributed by atoms with Gasteiger partial charge in [-0.1, -0.05) is 19.9 Å². The Morgan fingerprint density at radius 3 is 2.83 bits per heavy atom. The van der Waals surface area contributed by atoms with Crippen molar-refractivity contribution >= 4 is 5.91 Å². The zero-order chi connectivity index (χ0) is 13.4. The van der Waals surface area contributed by atoms with E-state index < -0.39 is 0 Å². The Morgan fingerprint density at radius 1 is 1.50 bits per heavy atom. The van der Waals surface area contributed by atoms with Crippen molar-refractivity contribution in [1.29, 1.82) is 0 Å². The Bertz CT molecular complexity index is 351. The van der Waals surface area contributed by atoms with Crippen molar-refractivity contribution in [2.24, 2.45) is 17.6 Å². The molecule has 3 N–H and O–H groups in total. The molecule has 1 aromatic rings. The number of rotatable bonds is 7. The average Bonchev–Trinajstić information content (AvgIpc) is 2.36. The molecule has 1 rings (SSSR count). The summed E-state index contributed by atoms with van der Waals surface area (Å²) in [6.45, 7) is 5.40. The van der Waals surface area contributed by atoms with Crippen LogP contribution in [-0.2, 0) is 11.3 Å². The number of pyridine rings is 1. The van der Waals surface area contributed by atoms with Gasteiger partial charge in [-0.3, -0.25) is 9.78 Å². The molecule has 4 nitrogen and oxygen atoms in total. The van der Waals surface area contributed by atoms with Crippen LogP contribution in [0, 0.1) is 11.8 Å². The monoisotopic (exact) mass is 249 g/mol. The number of nitrogens with two attached hydrogens (primary N) is 1. The average molecular weight is 249 g/mol. The van der Waals surface area contributed by atoms with E-state index in [2.05, 4.69) is 24.1 Å². The smallest absolute Gasteiger partial charge is 0.220 e. The third-order valence-electron chi connectivity index (χ3n) is 2.82. The number of hydrogen-bond donors (Lipinski definition) is 2. The molecule has 1 atom stereocenters. The zero-order valence-corrected chi connectivity index (χ0v) is 11.2. The molecule has 0 aliphatic carbocycles. The molecule has 1 unspecified atom stereocenters. The van der Waals surface area contributed by atoms with Crippen molar-refractivity contribution < 1.29 is 4.79 Å². The lowest BCUT2D eigenvalue weighted by Gasteiger charge is -2.16. The molecule has 0 aliphatic rings. The van der Waals surface area contributed by atoms with Gasteiger partial charge in [0.2, 0.25) is 5.91 Å². The summed E-state index contributed by atoms with van der Waals surface area (Å²) in [4.78, 5) is 15.8. The quantitative estimate of drug-likeness (QED) is 0.773. The standard InChI is InChI=1S/C14H23N3O/c1-11(2)6-13(8-15)7-14(18)17-10-12-4-3-5-16-9-12/h3-5,9,11,13H,6-8,10,15H2,1-2H3,(H,17,18). The summed E-state index contributed by atoms with van der Waals surface area (Å²) in [7, 11) is 0. The third kappa shape index (κ3) is 5.77. The van der Waals surface area contributed by atoms with Crippen molar-refractivity contribution in [2.75, 3.05) is 6.54 Å². The molecule has 0 aromatic carbocycles. The molecule has 0 aliphatic heterocycles. The second kappa shape index (κ2) is 7.82. The molecule has 0 radical (unpaired) electrons. The largest absolute Gasteiger partial charge is 0.352 e. The number of nitrogens with zero attached hydrogens (tertiary/aromatic N) is 1. The van der Waals surface area contributed by atoms with Crippen LogP contribution in [0.4, 0.5) is 0 Å². The first-order valence-corrected chi connectivity index (χ1v) is 6.47. The van der Waals surface area contributed by atoms with Gasteiger partial charge in [0.05, 0.1) is 0 Å². The van der Waals surface area contributed by atoms with Crippen LogP contribution in [0.3, 0.4) is 0 Å². The Labute approximate surface area is 109 Å². The van der Waals surface area contributed by atoms with Crippen LogP contribution in [-0.4, -0.2) is 17.4 Å². The highest BCUT2D eigenvalue weighted by atomic mass is 16.1. The molecule has 0 bridgehead atoms. The number of carbonyl (C=O) groups is 1. The molecule has 18 heavy (non-hydrogen) atoms. The van der Waals surface area contributed by atoms with E-state index in [1.165, 1.54) is 0 Å². The van der Waals surface area contributed by atoms with Gasteiger partial charge in [-0.15, -0.1) is 0 Å². The Kier molecular flexibility index (Phi) is 6.36. The van der Waals surface area contributed by atoms with Gasteiger partial charge >= 0.3 is 0 Å². The Hall–Kier alpha value is -1.42. The predicted octanol–water partition coefficient (Wildman–Crippen LogP) is 1.71. The normalized spacial score (nSPS) is 12.4. The minimum absolute atomic E-state index is 0.0648. The van der Waals surface area contributed by atoms with E-state index in [1.54, 1.807) is 12.4 Å². The summed E-state index contributed by atoms with van der Waals surface area (Å²) in [5.74, 6) is 0.915. The van der Waals surface area contributed by atoms with Gasteiger partial charge in [0.1, 0.15) is 0 Å². The highest BCUT2D eigenvalue weighted by molar-refractivity contribution is 5.76. The van der Waals surface area contributed by atoms with Crippen molar-refractivity contribution in [3.05, 3.63) is 30.1 Å². The van der Waals surface area contributed by atoms with E-state index in [0.717, 1.165) is 12.0 Å². The molecule has 0 fully saturated rings. The van der Waals surface area contributed by atoms with Crippen LogP contribution in [0.25, 0.3) is 0 Å². The SMILES string of the molecule is CC(C)CC(CN)CC(=O)NCc1cccnc1. The Balaban J connectivity index is 2.32. The van der Waals surface area contributed by atoms with E-state index in [0.29, 0.717) is 25.4 Å². The summed E-state index contributed by atoms with van der Waals surface area (Å²) in [6.07, 6.45) is 4.99. The van der Waals surface area contributed by atoms with Gasteiger partial charge in [0, 0.05) is 25.4 Å². The van der Waals surface area contributed by atoms with Crippen LogP contribution >= 0.6 is 0 Å². The molecule has 0 saturated carbocycles. The van der Waals surface area contributed by atoms with E-state index in [4.69, 9.17) is 5.73 Å². The molecular formula is C14H23N3O. The number of carbonyl (C=O) groups excluding carboxylic acids is 1. The summed E-state index contributed by atoms with van der Waals surface area (Å²) < 4.78 is 0. The predicted molar refractivity (Wildman–Crippen MR) is 72.7 cm³/mol. The maximum atomic E-state index is 11.8. The highest BCUT2D eigenvalue weighted by Gasteiger charge is 2.13. The van der Waals surface area contributed by atoms with Gasteiger partial charge in [-0.05, 0) is 36.4 Å². The zero-order valence-electron chi connectivity index (χ0n) is 11.2. The first kappa shape index (κ1) is 14.6. The molecule has 4 heteroatoms. The molecule has 0 spiro atoms. The van der Waals surface area contributed by atoms with Crippen LogP contribution in [0.15, 0.2) is 24.5 Å². The lowest BCUT2D eigenvalue weighted by atomic mass is 9.94. The second-order valence-corrected chi connectivity index (χ2v) is 5.07. The van der Waals surface area contributed by atoms with Crippen LogP contribution in [0.2, 0.25) is 0 Å². The number of nitrogens with one attached hydrogen (secondary N) is 1. The number of hydrogen-bond acceptors (Lipinski definition) is 3. The molecule has 0 saturated heterocycles. The number of aromatic nitrogens is 1. The van der Waals surface area contributed by atoms with Crippen molar-refractivity contribution in [1.82, 2.24) is 10.3 Å². The van der Waals surface area contributed by atoms with Crippen LogP contribution in [0.5, 0.6) is 0 Å². The fourth-order valence-corrected chi connectivity index (χ4v) is 1.97. The van der Waals surface area contributed by atoms with Gasteiger partial charge in [0.15, 0.2) is 0 Å². The van der Waals surface area contributed by atoms with E-state index in [-0.39, 0.29) is 11.8 Å². The first-order valence-electron chi connectivity index (χ1n) is 6.47. The molecule has 1 heterocycles. The molecular weight excluding hydrogens is 226 g/mol. The van der Waals surface area contributed by atoms with Crippen molar-refractivity contribution in [2.45, 2.75) is 33.2 Å². The lowest BCUT2D eigenvalue weighted by molar-refractivity contribution is -0.122. The van der Waals surface area contributed by atoms with Crippen LogP contribution < -0.4 is 11.1 Å². The van der Waals surface area contributed by atoms with E-state index in [9.17, 15) is 4.79 Å². The molecule has 1 amide bonds. The third-order valence-corrected chi connectivity index (χ3v) is 2.82.